The van der Waals surface area contributed by atoms with Gasteiger partial charge in [-0.1, -0.05) is 13.3 Å². The second-order valence-corrected chi connectivity index (χ2v) is 4.23. The molecule has 0 spiro atoms. The highest BCUT2D eigenvalue weighted by atomic mass is 16.3. The molecule has 3 heteroatoms. The summed E-state index contributed by atoms with van der Waals surface area (Å²) >= 11 is 0. The maximum Gasteiger partial charge on any atom is 0.0528 e. The van der Waals surface area contributed by atoms with Crippen LogP contribution in [-0.4, -0.2) is 17.8 Å². The van der Waals surface area contributed by atoms with Crippen LogP contribution in [-0.2, 0) is 6.42 Å². The minimum atomic E-state index is -0.253. The van der Waals surface area contributed by atoms with E-state index in [1.165, 1.54) is 5.56 Å². The Morgan fingerprint density at radius 1 is 1.44 bits per heavy atom. The molecule has 0 aromatic heterocycles. The second-order valence-electron chi connectivity index (χ2n) is 4.23. The van der Waals surface area contributed by atoms with Crippen LogP contribution < -0.4 is 11.1 Å². The largest absolute Gasteiger partial charge is 0.399 e. The van der Waals surface area contributed by atoms with E-state index in [0.717, 1.165) is 37.2 Å². The van der Waals surface area contributed by atoms with Crippen LogP contribution in [0.4, 0.5) is 11.4 Å². The summed E-state index contributed by atoms with van der Waals surface area (Å²) in [7, 11) is 0. The number of aryl methyl sites for hydroxylation is 1. The summed E-state index contributed by atoms with van der Waals surface area (Å²) < 4.78 is 0. The van der Waals surface area contributed by atoms with Crippen molar-refractivity contribution in [3.8, 4) is 0 Å². The first kappa shape index (κ1) is 12.8. The molecule has 4 N–H and O–H groups in total. The molecule has 1 rings (SSSR count). The first-order chi connectivity index (χ1) is 7.63. The minimum Gasteiger partial charge on any atom is -0.399 e. The average Bonchev–Trinajstić information content (AvgIpc) is 2.22. The van der Waals surface area contributed by atoms with Gasteiger partial charge in [0.05, 0.1) is 6.10 Å². The number of aliphatic hydroxyl groups is 1. The number of anilines is 2. The lowest BCUT2D eigenvalue weighted by Crippen LogP contribution is -2.10. The van der Waals surface area contributed by atoms with Crippen LogP contribution in [0.2, 0.25) is 0 Å². The lowest BCUT2D eigenvalue weighted by molar-refractivity contribution is 0.189. The molecule has 0 aliphatic heterocycles. The highest BCUT2D eigenvalue weighted by Gasteiger charge is 2.01. The number of hydrogen-bond donors (Lipinski definition) is 3. The lowest BCUT2D eigenvalue weighted by atomic mass is 10.1. The fourth-order valence-electron chi connectivity index (χ4n) is 1.63. The topological polar surface area (TPSA) is 58.3 Å². The summed E-state index contributed by atoms with van der Waals surface area (Å²) in [6, 6.07) is 6.02. The van der Waals surface area contributed by atoms with Gasteiger partial charge in [0.1, 0.15) is 0 Å². The number of nitrogen functional groups attached to an aromatic ring is 1. The number of rotatable bonds is 6. The van der Waals surface area contributed by atoms with Crippen molar-refractivity contribution in [3.63, 3.8) is 0 Å². The van der Waals surface area contributed by atoms with E-state index in [4.69, 9.17) is 10.8 Å². The highest BCUT2D eigenvalue weighted by Crippen LogP contribution is 2.19. The van der Waals surface area contributed by atoms with Gasteiger partial charge >= 0.3 is 0 Å². The number of benzene rings is 1. The zero-order valence-corrected chi connectivity index (χ0v) is 10.2. The molecule has 1 atom stereocenters. The molecule has 0 aliphatic rings. The van der Waals surface area contributed by atoms with E-state index < -0.39 is 0 Å². The average molecular weight is 222 g/mol. The van der Waals surface area contributed by atoms with Crippen molar-refractivity contribution in [2.45, 2.75) is 39.2 Å². The Balaban J connectivity index is 2.56. The highest BCUT2D eigenvalue weighted by molar-refractivity contribution is 5.57. The van der Waals surface area contributed by atoms with Crippen molar-refractivity contribution in [1.82, 2.24) is 0 Å². The second kappa shape index (κ2) is 6.38. The molecule has 0 bridgehead atoms. The minimum absolute atomic E-state index is 0.253. The van der Waals surface area contributed by atoms with E-state index >= 15 is 0 Å². The zero-order valence-electron chi connectivity index (χ0n) is 10.2. The van der Waals surface area contributed by atoms with Gasteiger partial charge in [0.25, 0.3) is 0 Å². The molecular formula is C13H22N2O. The van der Waals surface area contributed by atoms with Crippen LogP contribution in [0.15, 0.2) is 18.2 Å². The Morgan fingerprint density at radius 3 is 2.81 bits per heavy atom. The Morgan fingerprint density at radius 2 is 2.19 bits per heavy atom. The first-order valence-electron chi connectivity index (χ1n) is 5.93. The van der Waals surface area contributed by atoms with Crippen LogP contribution in [0.1, 0.15) is 32.3 Å². The summed E-state index contributed by atoms with van der Waals surface area (Å²) in [6.45, 7) is 4.73. The summed E-state index contributed by atoms with van der Waals surface area (Å²) in [5, 5.41) is 12.4. The number of nitrogens with two attached hydrogens (primary N) is 1. The lowest BCUT2D eigenvalue weighted by Gasteiger charge is -2.11. The SMILES string of the molecule is CCCc1cc(NCCC(C)O)ccc1N. The van der Waals surface area contributed by atoms with Crippen LogP contribution in [0.3, 0.4) is 0 Å². The van der Waals surface area contributed by atoms with Crippen molar-refractivity contribution in [2.75, 3.05) is 17.6 Å². The molecule has 0 saturated heterocycles. The maximum absolute atomic E-state index is 9.15. The fourth-order valence-corrected chi connectivity index (χ4v) is 1.63. The molecule has 1 unspecified atom stereocenters. The van der Waals surface area contributed by atoms with Gasteiger partial charge < -0.3 is 16.2 Å². The van der Waals surface area contributed by atoms with Gasteiger partial charge in [0.15, 0.2) is 0 Å². The van der Waals surface area contributed by atoms with Crippen molar-refractivity contribution >= 4 is 11.4 Å². The maximum atomic E-state index is 9.15. The molecule has 1 aromatic rings. The predicted octanol–water partition coefficient (Wildman–Crippen LogP) is 2.40. The molecule has 0 heterocycles. The van der Waals surface area contributed by atoms with Crippen LogP contribution in [0, 0.1) is 0 Å². The molecule has 0 saturated carbocycles. The van der Waals surface area contributed by atoms with E-state index in [1.54, 1.807) is 6.92 Å². The molecule has 0 fully saturated rings. The molecule has 1 aromatic carbocycles. The van der Waals surface area contributed by atoms with E-state index in [2.05, 4.69) is 18.3 Å². The quantitative estimate of drug-likeness (QED) is 0.648. The number of aliphatic hydroxyl groups excluding tert-OH is 1. The third kappa shape index (κ3) is 4.11. The van der Waals surface area contributed by atoms with Crippen molar-refractivity contribution in [1.29, 1.82) is 0 Å². The standard InChI is InChI=1S/C13H22N2O/c1-3-4-11-9-12(5-6-13(11)14)15-8-7-10(2)16/h5-6,9-10,15-16H,3-4,7-8,14H2,1-2H3. The van der Waals surface area contributed by atoms with Gasteiger partial charge in [0.2, 0.25) is 0 Å². The number of nitrogens with one attached hydrogen (secondary N) is 1. The summed E-state index contributed by atoms with van der Waals surface area (Å²) in [6.07, 6.45) is 2.61. The van der Waals surface area contributed by atoms with Gasteiger partial charge in [-0.3, -0.25) is 0 Å². The van der Waals surface area contributed by atoms with Crippen LogP contribution in [0.25, 0.3) is 0 Å². The van der Waals surface area contributed by atoms with E-state index in [9.17, 15) is 0 Å². The zero-order chi connectivity index (χ0) is 12.0. The number of hydrogen-bond acceptors (Lipinski definition) is 3. The molecule has 90 valence electrons. The van der Waals surface area contributed by atoms with E-state index in [0.29, 0.717) is 0 Å². The van der Waals surface area contributed by atoms with Gasteiger partial charge in [-0.2, -0.15) is 0 Å². The Kier molecular flexibility index (Phi) is 5.12. The summed E-state index contributed by atoms with van der Waals surface area (Å²) in [4.78, 5) is 0. The smallest absolute Gasteiger partial charge is 0.0528 e. The fraction of sp³-hybridized carbons (Fsp3) is 0.538. The molecule has 0 amide bonds. The van der Waals surface area contributed by atoms with Crippen molar-refractivity contribution < 1.29 is 5.11 Å². The van der Waals surface area contributed by atoms with Gasteiger partial charge in [-0.25, -0.2) is 0 Å². The van der Waals surface area contributed by atoms with Crippen molar-refractivity contribution in [2.24, 2.45) is 0 Å². The molecular weight excluding hydrogens is 200 g/mol. The Hall–Kier alpha value is -1.22. The Bertz CT molecular complexity index is 324. The van der Waals surface area contributed by atoms with Crippen LogP contribution >= 0.6 is 0 Å². The van der Waals surface area contributed by atoms with Crippen molar-refractivity contribution in [3.05, 3.63) is 23.8 Å². The molecule has 16 heavy (non-hydrogen) atoms. The molecule has 3 nitrogen and oxygen atoms in total. The first-order valence-corrected chi connectivity index (χ1v) is 5.93. The Labute approximate surface area is 97.7 Å². The van der Waals surface area contributed by atoms with Gasteiger partial charge in [-0.15, -0.1) is 0 Å². The third-order valence-corrected chi connectivity index (χ3v) is 2.55. The predicted molar refractivity (Wildman–Crippen MR) is 69.6 cm³/mol. The monoisotopic (exact) mass is 222 g/mol. The third-order valence-electron chi connectivity index (χ3n) is 2.55. The normalized spacial score (nSPS) is 12.4. The summed E-state index contributed by atoms with van der Waals surface area (Å²) in [5.41, 5.74) is 9.03. The van der Waals surface area contributed by atoms with E-state index in [1.807, 2.05) is 12.1 Å². The molecule has 0 aliphatic carbocycles. The van der Waals surface area contributed by atoms with Crippen LogP contribution in [0.5, 0.6) is 0 Å². The van der Waals surface area contributed by atoms with Gasteiger partial charge in [0, 0.05) is 17.9 Å². The van der Waals surface area contributed by atoms with E-state index in [-0.39, 0.29) is 6.10 Å². The molecule has 0 radical (unpaired) electrons. The summed E-state index contributed by atoms with van der Waals surface area (Å²) in [5.74, 6) is 0. The van der Waals surface area contributed by atoms with Gasteiger partial charge in [-0.05, 0) is 43.5 Å².